The van der Waals surface area contributed by atoms with Crippen LogP contribution in [0.25, 0.3) is 87.1 Å². The summed E-state index contributed by atoms with van der Waals surface area (Å²) >= 11 is 29.9. The molecule has 0 fully saturated rings. The minimum Gasteiger partial charge on any atom is -0.306 e. The second kappa shape index (κ2) is 42.7. The Bertz CT molecular complexity index is 6870. The van der Waals surface area contributed by atoms with Crippen molar-refractivity contribution in [3.63, 3.8) is 0 Å². The van der Waals surface area contributed by atoms with Crippen molar-refractivity contribution in [3.05, 3.63) is 320 Å². The fourth-order valence-corrected chi connectivity index (χ4v) is 17.7. The smallest absolute Gasteiger partial charge is 0.306 e. The van der Waals surface area contributed by atoms with Crippen LogP contribution in [0.2, 0.25) is 20.1 Å². The van der Waals surface area contributed by atoms with Gasteiger partial charge in [0.1, 0.15) is 35.7 Å². The molecular weight excluding hydrogens is 1870 g/mol. The van der Waals surface area contributed by atoms with Crippen molar-refractivity contribution in [2.45, 2.75) is 105 Å². The number of carbonyl (C=O) groups is 4. The number of hydrogen-bond donors (Lipinski definition) is 8. The summed E-state index contributed by atoms with van der Waals surface area (Å²) in [6.45, 7) is 25.2. The van der Waals surface area contributed by atoms with E-state index in [-0.39, 0.29) is 49.4 Å². The summed E-state index contributed by atoms with van der Waals surface area (Å²) in [4.78, 5) is 98.3. The molecule has 8 heterocycles. The van der Waals surface area contributed by atoms with E-state index in [0.29, 0.717) is 75.2 Å². The molecule has 0 atom stereocenters. The van der Waals surface area contributed by atoms with Crippen LogP contribution in [0.15, 0.2) is 268 Å². The Balaban J connectivity index is 0.000000152. The highest BCUT2D eigenvalue weighted by atomic mass is 35.5. The van der Waals surface area contributed by atoms with Crippen molar-refractivity contribution < 1.29 is 48.8 Å². The van der Waals surface area contributed by atoms with Gasteiger partial charge in [-0.25, -0.2) is 67.8 Å². The normalized spacial score (nSPS) is 11.3. The molecule has 0 aliphatic heterocycles. The number of pyridine rings is 2. The number of anilines is 8. The maximum atomic E-state index is 14.1. The molecule has 684 valence electrons. The fourth-order valence-electron chi connectivity index (χ4n) is 12.5. The van der Waals surface area contributed by atoms with Crippen LogP contribution < -0.4 is 41.5 Å². The maximum Gasteiger partial charge on any atom is 0.350 e. The lowest BCUT2D eigenvalue weighted by molar-refractivity contribution is 0.215. The van der Waals surface area contributed by atoms with Crippen LogP contribution in [0.4, 0.5) is 73.5 Å². The van der Waals surface area contributed by atoms with Gasteiger partial charge in [-0.1, -0.05) is 184 Å². The molecule has 0 aliphatic carbocycles. The van der Waals surface area contributed by atoms with E-state index in [9.17, 15) is 48.8 Å². The lowest BCUT2D eigenvalue weighted by atomic mass is 9.98. The Hall–Kier alpha value is -13.3. The molecule has 0 spiro atoms. The van der Waals surface area contributed by atoms with Crippen LogP contribution in [-0.4, -0.2) is 94.8 Å². The van der Waals surface area contributed by atoms with Gasteiger partial charge >= 0.3 is 24.1 Å². The van der Waals surface area contributed by atoms with Gasteiger partial charge in [-0.3, -0.25) is 30.8 Å². The lowest BCUT2D eigenvalue weighted by Crippen LogP contribution is -2.32. The number of amides is 8. The molecule has 0 aliphatic rings. The number of nitrogens with zero attached hydrogens (tertiary/aromatic N) is 14. The average Bonchev–Trinajstić information content (AvgIpc) is 1.65. The topological polar surface area (TPSA) is 339 Å². The monoisotopic (exact) mass is 1950 g/mol. The first-order valence-corrected chi connectivity index (χ1v) is 45.9. The van der Waals surface area contributed by atoms with Crippen LogP contribution in [0.1, 0.15) is 103 Å². The van der Waals surface area contributed by atoms with E-state index < -0.39 is 35.8 Å². The standard InChI is InChI=1S/C25H22ClFN4O2S.C25H23ClN4O2S.C24H21Cl2N5O2S.C24H22FN5O2S/c1-25(2,3)23-30-21(15-9-11-28-12-10-15)22(34-23)16-5-4-6-18(13-16)31(33)24(32)29-20-8-7-17(26)14-19(20)27;1-25(2,3)23-29-21(16-10-12-27-13-11-16)22(33-23)17-6-4-9-20(14-17)30(32)24(31)28-19-8-5-7-18(26)15-19;1-24(2,3)22-30-20(19-9-10-27-13-28-19)21(34-22)14-5-4-6-16(11-14)31(33)23(32)29-15-7-8-17(25)18(26)12-15;1-24(2,3)22-29-20(19-11-12-26-14-27-19)21(33-22)15-5-4-6-18(13-15)30(32)23(31)28-17-9-7-16(25)8-10-17/h4-14,33H,1-3H3,(H,29,32);4-15,32H,1-3H3,(H,28,31);4-13,33H,1-3H3,(H,29,32);4-14,32H,1-3H3,(H,28,31). The summed E-state index contributed by atoms with van der Waals surface area (Å²) in [6.07, 6.45) is 13.2. The van der Waals surface area contributed by atoms with Gasteiger partial charge in [0.05, 0.1) is 101 Å². The third kappa shape index (κ3) is 24.9. The molecule has 0 saturated heterocycles. The molecule has 8 amide bonds. The van der Waals surface area contributed by atoms with Crippen LogP contribution in [0.3, 0.4) is 0 Å². The molecule has 0 unspecified atom stereocenters. The van der Waals surface area contributed by atoms with Gasteiger partial charge in [-0.2, -0.15) is 20.3 Å². The highest BCUT2D eigenvalue weighted by Gasteiger charge is 2.31. The molecule has 36 heteroatoms. The number of carbonyl (C=O) groups excluding carboxylic acids is 4. The summed E-state index contributed by atoms with van der Waals surface area (Å²) in [5, 5.41) is 59.6. The first kappa shape index (κ1) is 98.2. The summed E-state index contributed by atoms with van der Waals surface area (Å²) in [6, 6.07) is 56.7. The van der Waals surface area contributed by atoms with Crippen molar-refractivity contribution in [2.24, 2.45) is 0 Å². The average molecular weight is 1950 g/mol. The van der Waals surface area contributed by atoms with E-state index in [0.717, 1.165) is 96.1 Å². The number of urea groups is 4. The summed E-state index contributed by atoms with van der Waals surface area (Å²) in [5.41, 5.74) is 11.2. The molecule has 0 radical (unpaired) electrons. The zero-order valence-corrected chi connectivity index (χ0v) is 80.3. The number of aromatic nitrogens is 10. The summed E-state index contributed by atoms with van der Waals surface area (Å²) in [5.74, 6) is -1.12. The van der Waals surface area contributed by atoms with Gasteiger partial charge in [0, 0.05) is 97.1 Å². The molecular formula is C98H88Cl4F2N18O8S4. The largest absolute Gasteiger partial charge is 0.350 e. The second-order valence-corrected chi connectivity index (χ2v) is 39.6. The van der Waals surface area contributed by atoms with Gasteiger partial charge in [0.2, 0.25) is 0 Å². The summed E-state index contributed by atoms with van der Waals surface area (Å²) in [7, 11) is 0. The highest BCUT2D eigenvalue weighted by Crippen LogP contribution is 2.47. The Morgan fingerprint density at radius 3 is 1.00 bits per heavy atom. The van der Waals surface area contributed by atoms with Gasteiger partial charge in [0.25, 0.3) is 0 Å². The highest BCUT2D eigenvalue weighted by molar-refractivity contribution is 7.17. The van der Waals surface area contributed by atoms with Crippen molar-refractivity contribution in [2.75, 3.05) is 41.5 Å². The van der Waals surface area contributed by atoms with Crippen molar-refractivity contribution in [3.8, 4) is 87.1 Å². The molecule has 26 nitrogen and oxygen atoms in total. The van der Waals surface area contributed by atoms with E-state index in [2.05, 4.69) is 134 Å². The number of thiazole rings is 4. The molecule has 0 saturated carbocycles. The van der Waals surface area contributed by atoms with Crippen molar-refractivity contribution >= 4 is 161 Å². The minimum atomic E-state index is -0.910. The maximum absolute atomic E-state index is 14.1. The fraction of sp³-hybridized carbons (Fsp3) is 0.163. The minimum absolute atomic E-state index is 0.0955. The number of hydrogen-bond acceptors (Lipinski definition) is 22. The molecule has 134 heavy (non-hydrogen) atoms. The van der Waals surface area contributed by atoms with E-state index in [4.69, 9.17) is 66.3 Å². The Morgan fingerprint density at radius 2 is 0.649 bits per heavy atom. The Morgan fingerprint density at radius 1 is 0.321 bits per heavy atom. The Labute approximate surface area is 807 Å². The van der Waals surface area contributed by atoms with Crippen LogP contribution in [0.5, 0.6) is 0 Å². The van der Waals surface area contributed by atoms with Crippen molar-refractivity contribution in [1.82, 2.24) is 49.8 Å². The predicted molar refractivity (Wildman–Crippen MR) is 532 cm³/mol. The number of nitrogens with one attached hydrogen (secondary N) is 4. The number of rotatable bonds is 16. The number of benzene rings is 8. The molecule has 0 bridgehead atoms. The van der Waals surface area contributed by atoms with Gasteiger partial charge in [-0.15, -0.1) is 45.3 Å². The quantitative estimate of drug-likeness (QED) is 0.0329. The van der Waals surface area contributed by atoms with E-state index in [1.807, 2.05) is 48.5 Å². The predicted octanol–water partition coefficient (Wildman–Crippen LogP) is 28.1. The van der Waals surface area contributed by atoms with Crippen molar-refractivity contribution in [1.29, 1.82) is 0 Å². The first-order valence-electron chi connectivity index (χ1n) is 41.1. The molecule has 16 rings (SSSR count). The summed E-state index contributed by atoms with van der Waals surface area (Å²) < 4.78 is 27.2. The number of hydroxylamine groups is 4. The SMILES string of the molecule is CC(C)(C)c1nc(-c2ccncc2)c(-c2cccc(N(O)C(=O)Nc3ccc(Cl)cc3F)c2)s1.CC(C)(C)c1nc(-c2ccncc2)c(-c2cccc(N(O)C(=O)Nc3cccc(Cl)c3)c2)s1.CC(C)(C)c1nc(-c2ccncn2)c(-c2cccc(N(O)C(=O)Nc3ccc(Cl)c(Cl)c3)c2)s1.CC(C)(C)c1nc(-c2ccncn2)c(-c2cccc(N(O)C(=O)Nc3ccc(F)cc3)c2)s1. The van der Waals surface area contributed by atoms with Crippen LogP contribution >= 0.6 is 91.8 Å². The molecule has 16 aromatic rings. The van der Waals surface area contributed by atoms with E-state index in [1.165, 1.54) is 66.5 Å². The lowest BCUT2D eigenvalue weighted by Gasteiger charge is -2.17. The van der Waals surface area contributed by atoms with Gasteiger partial charge < -0.3 is 21.3 Å². The van der Waals surface area contributed by atoms with Gasteiger partial charge in [-0.05, 0) is 186 Å². The van der Waals surface area contributed by atoms with Crippen LogP contribution in [0, 0.1) is 11.6 Å². The molecule has 8 aromatic heterocycles. The number of halogens is 6. The van der Waals surface area contributed by atoms with E-state index in [1.54, 1.807) is 193 Å². The zero-order valence-electron chi connectivity index (χ0n) is 74.0. The second-order valence-electron chi connectivity index (χ2n) is 33.9. The van der Waals surface area contributed by atoms with Gasteiger partial charge in [0.15, 0.2) is 0 Å². The molecule has 8 N–H and O–H groups in total. The first-order chi connectivity index (χ1) is 63.7. The van der Waals surface area contributed by atoms with E-state index >= 15 is 0 Å². The Kier molecular flexibility index (Phi) is 31.3. The van der Waals surface area contributed by atoms with Crippen LogP contribution in [-0.2, 0) is 21.7 Å². The molecule has 8 aromatic carbocycles. The third-order valence-corrected chi connectivity index (χ3v) is 26.7. The zero-order chi connectivity index (χ0) is 96.1. The third-order valence-electron chi connectivity index (χ3n) is 19.3.